The van der Waals surface area contributed by atoms with Crippen molar-refractivity contribution < 1.29 is 8.42 Å². The number of nitrogens with one attached hydrogen (secondary N) is 1. The highest BCUT2D eigenvalue weighted by molar-refractivity contribution is 9.11. The lowest BCUT2D eigenvalue weighted by Crippen LogP contribution is -2.35. The van der Waals surface area contributed by atoms with Gasteiger partial charge in [0, 0.05) is 27.7 Å². The highest BCUT2D eigenvalue weighted by atomic mass is 79.9. The molecule has 0 unspecified atom stereocenters. The topological polar surface area (TPSA) is 75.4 Å². The average molecular weight is 443 g/mol. The number of benzene rings is 1. The van der Waals surface area contributed by atoms with Crippen LogP contribution in [0.25, 0.3) is 0 Å². The van der Waals surface area contributed by atoms with E-state index in [-0.39, 0.29) is 4.90 Å². The molecule has 0 aliphatic carbocycles. The van der Waals surface area contributed by atoms with Crippen LogP contribution in [0.2, 0.25) is 0 Å². The number of anilines is 1. The van der Waals surface area contributed by atoms with Gasteiger partial charge >= 0.3 is 0 Å². The summed E-state index contributed by atoms with van der Waals surface area (Å²) >= 11 is 6.51. The molecule has 0 amide bonds. The highest BCUT2D eigenvalue weighted by Gasteiger charge is 2.21. The molecule has 0 bridgehead atoms. The van der Waals surface area contributed by atoms with Gasteiger partial charge in [0.15, 0.2) is 0 Å². The smallest absolute Gasteiger partial charge is 0.242 e. The second kappa shape index (κ2) is 8.47. The fourth-order valence-corrected chi connectivity index (χ4v) is 5.63. The third kappa shape index (κ3) is 5.52. The Bertz CT molecular complexity index is 556. The van der Waals surface area contributed by atoms with Crippen LogP contribution in [0, 0.1) is 0 Å². The molecule has 0 radical (unpaired) electrons. The molecule has 0 aliphatic heterocycles. The Balaban J connectivity index is 2.79. The summed E-state index contributed by atoms with van der Waals surface area (Å²) in [5.41, 5.74) is 6.17. The Morgan fingerprint density at radius 3 is 2.24 bits per heavy atom. The van der Waals surface area contributed by atoms with E-state index in [2.05, 4.69) is 55.3 Å². The van der Waals surface area contributed by atoms with E-state index >= 15 is 0 Å². The number of nitrogen functional groups attached to an aromatic ring is 1. The number of sulfonamides is 1. The zero-order valence-corrected chi connectivity index (χ0v) is 16.2. The maximum Gasteiger partial charge on any atom is 0.242 e. The molecule has 0 spiro atoms. The zero-order valence-electron chi connectivity index (χ0n) is 12.2. The summed E-state index contributed by atoms with van der Waals surface area (Å²) in [6.07, 6.45) is 1.05. The standard InChI is InChI=1S/C13H21Br2N3O2S/c1-3-6-18(4-2)7-5-17-21(19,20)13-11(14)8-10(16)9-12(13)15/h8-9,17H,3-7,16H2,1-2H3. The monoisotopic (exact) mass is 441 g/mol. The molecule has 1 rings (SSSR count). The summed E-state index contributed by atoms with van der Waals surface area (Å²) in [6.45, 7) is 7.11. The van der Waals surface area contributed by atoms with Gasteiger partial charge in [0.05, 0.1) is 0 Å². The number of rotatable bonds is 8. The molecule has 0 atom stereocenters. The fraction of sp³-hybridized carbons (Fsp3) is 0.538. The highest BCUT2D eigenvalue weighted by Crippen LogP contribution is 2.32. The first-order valence-corrected chi connectivity index (χ1v) is 9.85. The van der Waals surface area contributed by atoms with Gasteiger partial charge in [-0.25, -0.2) is 13.1 Å². The van der Waals surface area contributed by atoms with Crippen LogP contribution in [-0.2, 0) is 10.0 Å². The van der Waals surface area contributed by atoms with E-state index in [4.69, 9.17) is 5.73 Å². The van der Waals surface area contributed by atoms with Crippen molar-refractivity contribution in [3.63, 3.8) is 0 Å². The van der Waals surface area contributed by atoms with E-state index in [9.17, 15) is 8.42 Å². The van der Waals surface area contributed by atoms with Crippen molar-refractivity contribution in [3.05, 3.63) is 21.1 Å². The Kier molecular flexibility index (Phi) is 7.63. The fourth-order valence-electron chi connectivity index (χ4n) is 1.99. The van der Waals surface area contributed by atoms with Crippen LogP contribution in [-0.4, -0.2) is 39.5 Å². The van der Waals surface area contributed by atoms with Gasteiger partial charge in [-0.3, -0.25) is 0 Å². The molecule has 0 saturated heterocycles. The van der Waals surface area contributed by atoms with Crippen molar-refractivity contribution in [1.29, 1.82) is 0 Å². The second-order valence-electron chi connectivity index (χ2n) is 4.65. The van der Waals surface area contributed by atoms with Crippen molar-refractivity contribution in [2.24, 2.45) is 0 Å². The van der Waals surface area contributed by atoms with Gasteiger partial charge in [-0.2, -0.15) is 0 Å². The number of likely N-dealkylation sites (N-methyl/N-ethyl adjacent to an activating group) is 1. The van der Waals surface area contributed by atoms with E-state index in [1.807, 2.05) is 0 Å². The van der Waals surface area contributed by atoms with Crippen LogP contribution in [0.4, 0.5) is 5.69 Å². The number of hydrogen-bond acceptors (Lipinski definition) is 4. The molecular formula is C13H21Br2N3O2S. The van der Waals surface area contributed by atoms with E-state index in [1.165, 1.54) is 0 Å². The van der Waals surface area contributed by atoms with Gasteiger partial charge in [0.2, 0.25) is 10.0 Å². The summed E-state index contributed by atoms with van der Waals surface area (Å²) in [5.74, 6) is 0. The van der Waals surface area contributed by atoms with Crippen LogP contribution in [0.3, 0.4) is 0 Å². The predicted octanol–water partition coefficient (Wildman–Crippen LogP) is 2.80. The Labute approximate surface area is 143 Å². The molecule has 21 heavy (non-hydrogen) atoms. The maximum absolute atomic E-state index is 12.4. The van der Waals surface area contributed by atoms with Gasteiger partial charge in [0.25, 0.3) is 0 Å². The molecule has 1 aromatic carbocycles. The van der Waals surface area contributed by atoms with Crippen molar-refractivity contribution in [2.45, 2.75) is 25.2 Å². The first kappa shape index (κ1) is 18.9. The Morgan fingerprint density at radius 1 is 1.19 bits per heavy atom. The summed E-state index contributed by atoms with van der Waals surface area (Å²) in [5, 5.41) is 0. The first-order valence-electron chi connectivity index (χ1n) is 6.78. The minimum absolute atomic E-state index is 0.176. The van der Waals surface area contributed by atoms with Crippen LogP contribution in [0.5, 0.6) is 0 Å². The van der Waals surface area contributed by atoms with Crippen molar-refractivity contribution >= 4 is 47.6 Å². The normalized spacial score (nSPS) is 12.0. The van der Waals surface area contributed by atoms with E-state index in [1.54, 1.807) is 12.1 Å². The number of halogens is 2. The molecule has 3 N–H and O–H groups in total. The second-order valence-corrected chi connectivity index (χ2v) is 8.06. The van der Waals surface area contributed by atoms with Crippen LogP contribution >= 0.6 is 31.9 Å². The molecule has 5 nitrogen and oxygen atoms in total. The lowest BCUT2D eigenvalue weighted by Gasteiger charge is -2.19. The maximum atomic E-state index is 12.4. The Morgan fingerprint density at radius 2 is 1.76 bits per heavy atom. The van der Waals surface area contributed by atoms with Crippen molar-refractivity contribution in [1.82, 2.24) is 9.62 Å². The number of nitrogens with two attached hydrogens (primary N) is 1. The summed E-state index contributed by atoms with van der Waals surface area (Å²) in [6, 6.07) is 3.16. The minimum Gasteiger partial charge on any atom is -0.399 e. The lowest BCUT2D eigenvalue weighted by atomic mass is 10.3. The summed E-state index contributed by atoms with van der Waals surface area (Å²) in [7, 11) is -3.58. The number of hydrogen-bond donors (Lipinski definition) is 2. The number of nitrogens with zero attached hydrogens (tertiary/aromatic N) is 1. The largest absolute Gasteiger partial charge is 0.399 e. The molecule has 0 aromatic heterocycles. The Hall–Kier alpha value is -0.150. The van der Waals surface area contributed by atoms with Crippen LogP contribution in [0.15, 0.2) is 26.0 Å². The van der Waals surface area contributed by atoms with Crippen molar-refractivity contribution in [2.75, 3.05) is 31.9 Å². The first-order chi connectivity index (χ1) is 9.81. The van der Waals surface area contributed by atoms with E-state index in [0.717, 1.165) is 19.5 Å². The molecule has 8 heteroatoms. The third-order valence-corrected chi connectivity index (χ3v) is 6.33. The van der Waals surface area contributed by atoms with E-state index in [0.29, 0.717) is 27.7 Å². The van der Waals surface area contributed by atoms with Gasteiger partial charge in [-0.05, 0) is 63.5 Å². The van der Waals surface area contributed by atoms with E-state index < -0.39 is 10.0 Å². The summed E-state index contributed by atoms with van der Waals surface area (Å²) < 4.78 is 28.3. The van der Waals surface area contributed by atoms with Gasteiger partial charge in [0.1, 0.15) is 4.90 Å². The molecule has 0 aliphatic rings. The minimum atomic E-state index is -3.58. The van der Waals surface area contributed by atoms with Crippen LogP contribution < -0.4 is 10.5 Å². The predicted molar refractivity (Wildman–Crippen MR) is 93.8 cm³/mol. The van der Waals surface area contributed by atoms with Gasteiger partial charge in [-0.15, -0.1) is 0 Å². The molecular weight excluding hydrogens is 422 g/mol. The van der Waals surface area contributed by atoms with Crippen molar-refractivity contribution in [3.8, 4) is 0 Å². The molecule has 0 saturated carbocycles. The third-order valence-electron chi connectivity index (χ3n) is 3.00. The molecule has 0 fully saturated rings. The van der Waals surface area contributed by atoms with Crippen LogP contribution in [0.1, 0.15) is 20.3 Å². The quantitative estimate of drug-likeness (QED) is 0.607. The summed E-state index contributed by atoms with van der Waals surface area (Å²) in [4.78, 5) is 2.38. The molecule has 1 aromatic rings. The van der Waals surface area contributed by atoms with Gasteiger partial charge in [-0.1, -0.05) is 13.8 Å². The molecule has 120 valence electrons. The molecule has 0 heterocycles. The SMILES string of the molecule is CCCN(CC)CCNS(=O)(=O)c1c(Br)cc(N)cc1Br. The average Bonchev–Trinajstić information content (AvgIpc) is 2.35. The lowest BCUT2D eigenvalue weighted by molar-refractivity contribution is 0.293. The van der Waals surface area contributed by atoms with Gasteiger partial charge < -0.3 is 10.6 Å². The zero-order chi connectivity index (χ0) is 16.0.